The van der Waals surface area contributed by atoms with Crippen LogP contribution < -0.4 is 21.1 Å². The summed E-state index contributed by atoms with van der Waals surface area (Å²) in [7, 11) is -3.76. The van der Waals surface area contributed by atoms with Gasteiger partial charge in [-0.05, 0) is 65.8 Å². The number of sulfonamides is 1. The third-order valence-corrected chi connectivity index (χ3v) is 5.23. The van der Waals surface area contributed by atoms with Gasteiger partial charge in [-0.25, -0.2) is 13.2 Å². The molecule has 0 unspecified atom stereocenters. The number of para-hydroxylation sites is 1. The molecule has 5 N–H and O–H groups in total. The van der Waals surface area contributed by atoms with Crippen molar-refractivity contribution in [2.75, 3.05) is 21.1 Å². The van der Waals surface area contributed by atoms with Crippen LogP contribution in [0.25, 0.3) is 0 Å². The number of benzene rings is 3. The fourth-order valence-electron chi connectivity index (χ4n) is 2.43. The van der Waals surface area contributed by atoms with Crippen LogP contribution in [-0.4, -0.2) is 14.4 Å². The summed E-state index contributed by atoms with van der Waals surface area (Å²) >= 11 is 0. The molecule has 0 atom stereocenters. The van der Waals surface area contributed by atoms with E-state index in [1.165, 1.54) is 54.6 Å². The lowest BCUT2D eigenvalue weighted by atomic mass is 10.2. The minimum atomic E-state index is -3.76. The van der Waals surface area contributed by atoms with Crippen LogP contribution in [0.3, 0.4) is 0 Å². The quantitative estimate of drug-likeness (QED) is 0.356. The summed E-state index contributed by atoms with van der Waals surface area (Å²) in [5, 5.41) is 7.95. The fraction of sp³-hybridized carbons (Fsp3) is 0. The first-order valence-electron chi connectivity index (χ1n) is 8.36. The maximum absolute atomic E-state index is 12.4. The molecule has 0 aliphatic carbocycles. The minimum Gasteiger partial charge on any atom is -0.399 e. The molecule has 0 radical (unpaired) electrons. The highest BCUT2D eigenvalue weighted by Gasteiger charge is 2.14. The zero-order valence-corrected chi connectivity index (χ0v) is 15.8. The van der Waals surface area contributed by atoms with Crippen LogP contribution in [0.2, 0.25) is 0 Å². The molecule has 9 nitrogen and oxygen atoms in total. The van der Waals surface area contributed by atoms with Gasteiger partial charge in [-0.2, -0.15) is 0 Å². The van der Waals surface area contributed by atoms with Crippen molar-refractivity contribution in [1.82, 2.24) is 0 Å². The largest absolute Gasteiger partial charge is 0.399 e. The lowest BCUT2D eigenvalue weighted by molar-refractivity contribution is 0.262. The minimum absolute atomic E-state index is 0.0794. The van der Waals surface area contributed by atoms with Crippen LogP contribution in [0.1, 0.15) is 0 Å². The van der Waals surface area contributed by atoms with Crippen LogP contribution in [0.5, 0.6) is 0 Å². The molecule has 0 bridgehead atoms. The number of nitrogens with zero attached hydrogens (tertiary/aromatic N) is 1. The van der Waals surface area contributed by atoms with E-state index in [-0.39, 0.29) is 16.3 Å². The summed E-state index contributed by atoms with van der Waals surface area (Å²) in [4.78, 5) is 22.9. The number of nitroso groups, excluding NO2 is 1. The standard InChI is InChI=1S/C19H17N5O4S/c20-13-5-11-16(12-6-13)29(27,28)24-15-9-7-14(8-10-15)21-19(25)22-17-3-1-2-4-18(17)23-26/h1-12,24H,20H2,(H2,21,22,25). The Morgan fingerprint density at radius 3 is 2.10 bits per heavy atom. The van der Waals surface area contributed by atoms with Gasteiger partial charge in [0.1, 0.15) is 5.69 Å². The van der Waals surface area contributed by atoms with Crippen molar-refractivity contribution in [2.45, 2.75) is 4.90 Å². The molecule has 0 aromatic heterocycles. The zero-order valence-electron chi connectivity index (χ0n) is 15.0. The first-order valence-corrected chi connectivity index (χ1v) is 9.84. The van der Waals surface area contributed by atoms with Gasteiger partial charge < -0.3 is 16.4 Å². The smallest absolute Gasteiger partial charge is 0.323 e. The lowest BCUT2D eigenvalue weighted by Crippen LogP contribution is -2.19. The molecule has 0 spiro atoms. The number of rotatable bonds is 6. The van der Waals surface area contributed by atoms with Crippen LogP contribution in [0, 0.1) is 4.91 Å². The van der Waals surface area contributed by atoms with Crippen molar-refractivity contribution in [3.05, 3.63) is 77.7 Å². The molecule has 0 aliphatic rings. The Balaban J connectivity index is 1.64. The number of carbonyl (C=O) groups excluding carboxylic acids is 1. The normalized spacial score (nSPS) is 10.8. The van der Waals surface area contributed by atoms with E-state index in [1.807, 2.05) is 0 Å². The average Bonchev–Trinajstić information content (AvgIpc) is 2.70. The van der Waals surface area contributed by atoms with E-state index in [2.05, 4.69) is 20.5 Å². The Morgan fingerprint density at radius 1 is 0.828 bits per heavy atom. The van der Waals surface area contributed by atoms with Gasteiger partial charge in [-0.1, -0.05) is 12.1 Å². The zero-order chi connectivity index (χ0) is 20.9. The van der Waals surface area contributed by atoms with E-state index in [1.54, 1.807) is 18.2 Å². The molecule has 148 valence electrons. The van der Waals surface area contributed by atoms with Gasteiger partial charge in [-0.3, -0.25) is 4.72 Å². The van der Waals surface area contributed by atoms with Crippen molar-refractivity contribution in [3.8, 4) is 0 Å². The molecule has 0 saturated heterocycles. The van der Waals surface area contributed by atoms with Crippen LogP contribution >= 0.6 is 0 Å². The highest BCUT2D eigenvalue weighted by Crippen LogP contribution is 2.24. The first-order chi connectivity index (χ1) is 13.9. The molecule has 3 rings (SSSR count). The number of anilines is 4. The number of nitrogen functional groups attached to an aromatic ring is 1. The van der Waals surface area contributed by atoms with Crippen molar-refractivity contribution in [1.29, 1.82) is 0 Å². The van der Waals surface area contributed by atoms with E-state index in [4.69, 9.17) is 5.73 Å². The van der Waals surface area contributed by atoms with Gasteiger partial charge in [0, 0.05) is 17.1 Å². The number of carbonyl (C=O) groups is 1. The molecule has 0 aliphatic heterocycles. The molecular weight excluding hydrogens is 394 g/mol. The summed E-state index contributed by atoms with van der Waals surface area (Å²) in [5.74, 6) is 0. The van der Waals surface area contributed by atoms with Gasteiger partial charge in [-0.15, -0.1) is 4.91 Å². The molecule has 29 heavy (non-hydrogen) atoms. The molecule has 0 fully saturated rings. The third kappa shape index (κ3) is 5.08. The monoisotopic (exact) mass is 411 g/mol. The van der Waals surface area contributed by atoms with Gasteiger partial charge in [0.2, 0.25) is 0 Å². The molecule has 2 amide bonds. The number of amides is 2. The summed E-state index contributed by atoms with van der Waals surface area (Å²) in [6, 6.07) is 17.6. The van der Waals surface area contributed by atoms with E-state index in [9.17, 15) is 18.1 Å². The van der Waals surface area contributed by atoms with Crippen LogP contribution in [-0.2, 0) is 10.0 Å². The average molecular weight is 411 g/mol. The highest BCUT2D eigenvalue weighted by molar-refractivity contribution is 7.92. The second-order valence-corrected chi connectivity index (χ2v) is 7.62. The van der Waals surface area contributed by atoms with Gasteiger partial charge in [0.05, 0.1) is 10.6 Å². The van der Waals surface area contributed by atoms with E-state index >= 15 is 0 Å². The Hall–Kier alpha value is -3.92. The van der Waals surface area contributed by atoms with Crippen molar-refractivity contribution >= 4 is 44.5 Å². The number of urea groups is 1. The molecule has 3 aromatic rings. The number of nitrogens with one attached hydrogen (secondary N) is 3. The number of hydrogen-bond donors (Lipinski definition) is 4. The Bertz CT molecular complexity index is 1130. The summed E-state index contributed by atoms with van der Waals surface area (Å²) in [6.07, 6.45) is 0. The molecule has 0 heterocycles. The maximum atomic E-state index is 12.4. The SMILES string of the molecule is Nc1ccc(S(=O)(=O)Nc2ccc(NC(=O)Nc3ccccc3N=O)cc2)cc1. The fourth-order valence-corrected chi connectivity index (χ4v) is 3.48. The Morgan fingerprint density at radius 2 is 1.45 bits per heavy atom. The third-order valence-electron chi connectivity index (χ3n) is 3.84. The summed E-state index contributed by atoms with van der Waals surface area (Å²) < 4.78 is 27.2. The highest BCUT2D eigenvalue weighted by atomic mass is 32.2. The first kappa shape index (κ1) is 19.8. The van der Waals surface area contributed by atoms with Crippen molar-refractivity contribution < 1.29 is 13.2 Å². The van der Waals surface area contributed by atoms with E-state index in [0.29, 0.717) is 17.1 Å². The molecule has 3 aromatic carbocycles. The predicted molar refractivity (Wildman–Crippen MR) is 113 cm³/mol. The van der Waals surface area contributed by atoms with Crippen molar-refractivity contribution in [3.63, 3.8) is 0 Å². The van der Waals surface area contributed by atoms with E-state index < -0.39 is 16.1 Å². The second kappa shape index (κ2) is 8.40. The van der Waals surface area contributed by atoms with Crippen molar-refractivity contribution in [2.24, 2.45) is 5.18 Å². The molecular formula is C19H17N5O4S. The topological polar surface area (TPSA) is 143 Å². The van der Waals surface area contributed by atoms with Gasteiger partial charge in [0.25, 0.3) is 10.0 Å². The number of nitrogens with two attached hydrogens (primary N) is 1. The summed E-state index contributed by atoms with van der Waals surface area (Å²) in [5.41, 5.74) is 7.16. The van der Waals surface area contributed by atoms with Gasteiger partial charge >= 0.3 is 6.03 Å². The predicted octanol–water partition coefficient (Wildman–Crippen LogP) is 4.11. The Kier molecular flexibility index (Phi) is 5.74. The summed E-state index contributed by atoms with van der Waals surface area (Å²) in [6.45, 7) is 0. The second-order valence-electron chi connectivity index (χ2n) is 5.94. The van der Waals surface area contributed by atoms with E-state index in [0.717, 1.165) is 0 Å². The number of hydrogen-bond acceptors (Lipinski definition) is 6. The molecule has 0 saturated carbocycles. The molecule has 10 heteroatoms. The van der Waals surface area contributed by atoms with Gasteiger partial charge in [0.15, 0.2) is 0 Å². The lowest BCUT2D eigenvalue weighted by Gasteiger charge is -2.11. The van der Waals surface area contributed by atoms with Crippen LogP contribution in [0.15, 0.2) is 82.9 Å². The Labute approximate surface area is 167 Å². The van der Waals surface area contributed by atoms with Crippen LogP contribution in [0.4, 0.5) is 33.2 Å². The maximum Gasteiger partial charge on any atom is 0.323 e.